The number of hydrogen-bond donors (Lipinski definition) is 1. The fraction of sp³-hybridized carbons (Fsp3) is 0.421. The highest BCUT2D eigenvalue weighted by Crippen LogP contribution is 2.22. The summed E-state index contributed by atoms with van der Waals surface area (Å²) < 4.78 is 5.48. The Kier molecular flexibility index (Phi) is 5.96. The lowest BCUT2D eigenvalue weighted by Crippen LogP contribution is -2.24. The molecule has 1 N–H and O–H groups in total. The summed E-state index contributed by atoms with van der Waals surface area (Å²) in [4.78, 5) is 4.74. The monoisotopic (exact) mass is 298 g/mol. The van der Waals surface area contributed by atoms with Crippen LogP contribution in [0.25, 0.3) is 11.3 Å². The molecule has 3 heteroatoms. The van der Waals surface area contributed by atoms with Crippen LogP contribution in [0, 0.1) is 6.92 Å². The number of hydrogen-bond acceptors (Lipinski definition) is 3. The molecule has 0 aliphatic heterocycles. The summed E-state index contributed by atoms with van der Waals surface area (Å²) in [6.07, 6.45) is 1.14. The predicted molar refractivity (Wildman–Crippen MR) is 92.2 cm³/mol. The molecule has 1 heterocycles. The van der Waals surface area contributed by atoms with Gasteiger partial charge in [0.25, 0.3) is 0 Å². The minimum atomic E-state index is 0.533. The first-order valence-electron chi connectivity index (χ1n) is 8.07. The van der Waals surface area contributed by atoms with Gasteiger partial charge in [0, 0.05) is 23.8 Å². The van der Waals surface area contributed by atoms with E-state index in [4.69, 9.17) is 9.72 Å². The zero-order chi connectivity index (χ0) is 15.9. The van der Waals surface area contributed by atoms with Gasteiger partial charge in [-0.05, 0) is 63.1 Å². The maximum Gasteiger partial charge on any atom is 0.119 e. The lowest BCUT2D eigenvalue weighted by atomic mass is 10.1. The molecule has 1 aromatic carbocycles. The molecule has 0 saturated carbocycles. The van der Waals surface area contributed by atoms with E-state index in [0.29, 0.717) is 12.6 Å². The normalized spacial score (nSPS) is 12.2. The summed E-state index contributed by atoms with van der Waals surface area (Å²) in [5.74, 6) is 0.900. The van der Waals surface area contributed by atoms with Crippen LogP contribution in [0.1, 0.15) is 38.4 Å². The summed E-state index contributed by atoms with van der Waals surface area (Å²) in [6.45, 7) is 10.0. The van der Waals surface area contributed by atoms with Crippen LogP contribution in [-0.2, 0) is 6.54 Å². The van der Waals surface area contributed by atoms with E-state index in [9.17, 15) is 0 Å². The summed E-state index contributed by atoms with van der Waals surface area (Å²) >= 11 is 0. The van der Waals surface area contributed by atoms with Crippen molar-refractivity contribution in [2.24, 2.45) is 0 Å². The van der Waals surface area contributed by atoms with Crippen molar-refractivity contribution >= 4 is 0 Å². The number of nitrogens with one attached hydrogen (secondary N) is 1. The van der Waals surface area contributed by atoms with E-state index in [1.54, 1.807) is 0 Å². The highest BCUT2D eigenvalue weighted by molar-refractivity contribution is 5.60. The average molecular weight is 298 g/mol. The van der Waals surface area contributed by atoms with Gasteiger partial charge in [-0.15, -0.1) is 0 Å². The topological polar surface area (TPSA) is 34.1 Å². The van der Waals surface area contributed by atoms with Gasteiger partial charge in [0.2, 0.25) is 0 Å². The Labute approximate surface area is 133 Å². The first kappa shape index (κ1) is 16.5. The molecule has 0 saturated heterocycles. The smallest absolute Gasteiger partial charge is 0.119 e. The lowest BCUT2D eigenvalue weighted by Gasteiger charge is -2.13. The third kappa shape index (κ3) is 4.31. The van der Waals surface area contributed by atoms with Gasteiger partial charge >= 0.3 is 0 Å². The molecule has 1 aromatic heterocycles. The van der Waals surface area contributed by atoms with Gasteiger partial charge in [-0.2, -0.15) is 0 Å². The van der Waals surface area contributed by atoms with Crippen molar-refractivity contribution in [3.8, 4) is 17.0 Å². The van der Waals surface area contributed by atoms with Gasteiger partial charge < -0.3 is 10.1 Å². The third-order valence-corrected chi connectivity index (χ3v) is 3.91. The molecule has 0 radical (unpaired) electrons. The van der Waals surface area contributed by atoms with E-state index in [0.717, 1.165) is 35.7 Å². The Morgan fingerprint density at radius 1 is 1.09 bits per heavy atom. The zero-order valence-corrected chi connectivity index (χ0v) is 14.0. The maximum absolute atomic E-state index is 5.48. The molecule has 2 aromatic rings. The summed E-state index contributed by atoms with van der Waals surface area (Å²) in [5, 5.41) is 3.51. The largest absolute Gasteiger partial charge is 0.494 e. The first-order chi connectivity index (χ1) is 10.6. The zero-order valence-electron chi connectivity index (χ0n) is 14.0. The van der Waals surface area contributed by atoms with Crippen molar-refractivity contribution in [2.75, 3.05) is 6.61 Å². The van der Waals surface area contributed by atoms with E-state index >= 15 is 0 Å². The van der Waals surface area contributed by atoms with Crippen LogP contribution >= 0.6 is 0 Å². The third-order valence-electron chi connectivity index (χ3n) is 3.91. The van der Waals surface area contributed by atoms with Gasteiger partial charge in [-0.3, -0.25) is 4.98 Å². The number of ether oxygens (including phenoxy) is 1. The maximum atomic E-state index is 5.48. The highest BCUT2D eigenvalue weighted by atomic mass is 16.5. The van der Waals surface area contributed by atoms with Crippen molar-refractivity contribution in [2.45, 2.75) is 46.7 Å². The van der Waals surface area contributed by atoms with E-state index < -0.39 is 0 Å². The fourth-order valence-electron chi connectivity index (χ4n) is 2.25. The number of aromatic nitrogens is 1. The standard InChI is InChI=1S/C19H26N2O/c1-5-14(3)20-13-17-9-12-19(21-15(17)4)16-7-10-18(11-8-16)22-6-2/h7-12,14,20H,5-6,13H2,1-4H3. The number of benzene rings is 1. The molecule has 2 rings (SSSR count). The SMILES string of the molecule is CCOc1ccc(-c2ccc(CNC(C)CC)c(C)n2)cc1. The second kappa shape index (κ2) is 7.95. The van der Waals surface area contributed by atoms with Crippen LogP contribution in [0.2, 0.25) is 0 Å². The van der Waals surface area contributed by atoms with Crippen LogP contribution < -0.4 is 10.1 Å². The van der Waals surface area contributed by atoms with E-state index in [1.165, 1.54) is 5.56 Å². The number of pyridine rings is 1. The molecule has 1 unspecified atom stereocenters. The minimum Gasteiger partial charge on any atom is -0.494 e. The van der Waals surface area contributed by atoms with E-state index in [1.807, 2.05) is 19.1 Å². The molecule has 22 heavy (non-hydrogen) atoms. The summed E-state index contributed by atoms with van der Waals surface area (Å²) in [6, 6.07) is 12.9. The van der Waals surface area contributed by atoms with Crippen LogP contribution in [0.3, 0.4) is 0 Å². The predicted octanol–water partition coefficient (Wildman–Crippen LogP) is 4.34. The molecule has 1 atom stereocenters. The lowest BCUT2D eigenvalue weighted by molar-refractivity contribution is 0.340. The van der Waals surface area contributed by atoms with Gasteiger partial charge in [0.15, 0.2) is 0 Å². The Morgan fingerprint density at radius 3 is 2.41 bits per heavy atom. The van der Waals surface area contributed by atoms with Crippen molar-refractivity contribution < 1.29 is 4.74 Å². The van der Waals surface area contributed by atoms with Crippen molar-refractivity contribution in [1.29, 1.82) is 0 Å². The van der Waals surface area contributed by atoms with Gasteiger partial charge in [-0.1, -0.05) is 13.0 Å². The fourth-order valence-corrected chi connectivity index (χ4v) is 2.25. The number of nitrogens with zero attached hydrogens (tertiary/aromatic N) is 1. The molecule has 0 spiro atoms. The first-order valence-corrected chi connectivity index (χ1v) is 8.07. The molecule has 0 amide bonds. The van der Waals surface area contributed by atoms with Gasteiger partial charge in [-0.25, -0.2) is 0 Å². The second-order valence-electron chi connectivity index (χ2n) is 5.59. The van der Waals surface area contributed by atoms with Crippen molar-refractivity contribution in [1.82, 2.24) is 10.3 Å². The molecule has 0 fully saturated rings. The molecule has 0 aliphatic rings. The Balaban J connectivity index is 2.11. The average Bonchev–Trinajstić information content (AvgIpc) is 2.54. The summed E-state index contributed by atoms with van der Waals surface area (Å²) in [7, 11) is 0. The molecule has 118 valence electrons. The van der Waals surface area contributed by atoms with Gasteiger partial charge in [0.05, 0.1) is 12.3 Å². The number of rotatable bonds is 7. The minimum absolute atomic E-state index is 0.533. The van der Waals surface area contributed by atoms with Crippen molar-refractivity contribution in [3.63, 3.8) is 0 Å². The second-order valence-corrected chi connectivity index (χ2v) is 5.59. The van der Waals surface area contributed by atoms with Crippen LogP contribution in [-0.4, -0.2) is 17.6 Å². The Bertz CT molecular complexity index is 593. The summed E-state index contributed by atoms with van der Waals surface area (Å²) in [5.41, 5.74) is 4.47. The van der Waals surface area contributed by atoms with Crippen molar-refractivity contribution in [3.05, 3.63) is 47.7 Å². The molecule has 0 bridgehead atoms. The molecule has 0 aliphatic carbocycles. The van der Waals surface area contributed by atoms with Crippen LogP contribution in [0.5, 0.6) is 5.75 Å². The van der Waals surface area contributed by atoms with E-state index in [-0.39, 0.29) is 0 Å². The molecular formula is C19H26N2O. The van der Waals surface area contributed by atoms with Crippen LogP contribution in [0.4, 0.5) is 0 Å². The highest BCUT2D eigenvalue weighted by Gasteiger charge is 2.06. The Hall–Kier alpha value is -1.87. The van der Waals surface area contributed by atoms with E-state index in [2.05, 4.69) is 50.4 Å². The van der Waals surface area contributed by atoms with Crippen LogP contribution in [0.15, 0.2) is 36.4 Å². The quantitative estimate of drug-likeness (QED) is 0.825. The van der Waals surface area contributed by atoms with Gasteiger partial charge in [0.1, 0.15) is 5.75 Å². The number of aryl methyl sites for hydroxylation is 1. The molecular weight excluding hydrogens is 272 g/mol. The Morgan fingerprint density at radius 2 is 1.82 bits per heavy atom. The molecule has 3 nitrogen and oxygen atoms in total.